The van der Waals surface area contributed by atoms with E-state index < -0.39 is 11.9 Å². The summed E-state index contributed by atoms with van der Waals surface area (Å²) in [6, 6.07) is 3.09. The van der Waals surface area contributed by atoms with E-state index in [0.717, 1.165) is 0 Å². The Kier molecular flexibility index (Phi) is 2.69. The molecule has 3 N–H and O–H groups in total. The van der Waals surface area contributed by atoms with Crippen LogP contribution in [0.4, 0.5) is 0 Å². The van der Waals surface area contributed by atoms with Crippen molar-refractivity contribution in [3.63, 3.8) is 0 Å². The summed E-state index contributed by atoms with van der Waals surface area (Å²) in [7, 11) is 0. The molecule has 0 aromatic carbocycles. The molecule has 0 radical (unpaired) electrons. The van der Waals surface area contributed by atoms with E-state index in [1.807, 2.05) is 0 Å². The Morgan fingerprint density at radius 1 is 1.54 bits per heavy atom. The van der Waals surface area contributed by atoms with Gasteiger partial charge in [-0.25, -0.2) is 4.79 Å². The second-order valence-electron chi connectivity index (χ2n) is 2.61. The maximum Gasteiger partial charge on any atom is 0.352 e. The Hall–Kier alpha value is -1.78. The van der Waals surface area contributed by atoms with E-state index in [9.17, 15) is 9.59 Å². The molecule has 0 aliphatic rings. The van der Waals surface area contributed by atoms with Crippen LogP contribution in [-0.4, -0.2) is 21.6 Å². The van der Waals surface area contributed by atoms with Crippen LogP contribution in [0.15, 0.2) is 18.3 Å². The number of amides is 1. The zero-order valence-corrected chi connectivity index (χ0v) is 6.93. The van der Waals surface area contributed by atoms with Gasteiger partial charge >= 0.3 is 5.97 Å². The van der Waals surface area contributed by atoms with E-state index in [-0.39, 0.29) is 12.1 Å². The molecule has 0 aliphatic heterocycles. The van der Waals surface area contributed by atoms with Gasteiger partial charge in [-0.3, -0.25) is 4.79 Å². The maximum atomic E-state index is 10.6. The van der Waals surface area contributed by atoms with Gasteiger partial charge in [0.25, 0.3) is 0 Å². The number of carbonyl (C=O) groups is 2. The molecule has 0 saturated carbocycles. The normalized spacial score (nSPS) is 9.85. The van der Waals surface area contributed by atoms with Gasteiger partial charge < -0.3 is 15.4 Å². The van der Waals surface area contributed by atoms with Crippen molar-refractivity contribution in [2.24, 2.45) is 5.73 Å². The Morgan fingerprint density at radius 2 is 2.23 bits per heavy atom. The molecule has 5 nitrogen and oxygen atoms in total. The third-order valence-electron chi connectivity index (χ3n) is 1.65. The van der Waals surface area contributed by atoms with Crippen molar-refractivity contribution >= 4 is 11.9 Å². The van der Waals surface area contributed by atoms with E-state index in [4.69, 9.17) is 10.8 Å². The number of hydrogen-bond donors (Lipinski definition) is 2. The zero-order chi connectivity index (χ0) is 9.84. The first-order chi connectivity index (χ1) is 6.11. The molecule has 1 aromatic heterocycles. The minimum atomic E-state index is -1.01. The monoisotopic (exact) mass is 182 g/mol. The standard InChI is InChI=1S/C8H10N2O3/c9-7(11)3-5-10-4-1-2-6(10)8(12)13/h1-2,4H,3,5H2,(H2,9,11)(H,12,13). The van der Waals surface area contributed by atoms with Crippen LogP contribution < -0.4 is 5.73 Å². The molecule has 1 heterocycles. The molecule has 1 amide bonds. The summed E-state index contributed by atoms with van der Waals surface area (Å²) < 4.78 is 1.48. The number of rotatable bonds is 4. The molecule has 0 saturated heterocycles. The van der Waals surface area contributed by atoms with Crippen LogP contribution >= 0.6 is 0 Å². The third-order valence-corrected chi connectivity index (χ3v) is 1.65. The van der Waals surface area contributed by atoms with Crippen LogP contribution in [0.2, 0.25) is 0 Å². The van der Waals surface area contributed by atoms with E-state index >= 15 is 0 Å². The molecule has 1 aromatic rings. The molecule has 13 heavy (non-hydrogen) atoms. The molecule has 0 bridgehead atoms. The van der Waals surface area contributed by atoms with Crippen LogP contribution in [0.3, 0.4) is 0 Å². The van der Waals surface area contributed by atoms with E-state index in [2.05, 4.69) is 0 Å². The lowest BCUT2D eigenvalue weighted by Crippen LogP contribution is -2.15. The van der Waals surface area contributed by atoms with Crippen LogP contribution in [0, 0.1) is 0 Å². The predicted molar refractivity (Wildman–Crippen MR) is 45.2 cm³/mol. The third kappa shape index (κ3) is 2.33. The average Bonchev–Trinajstić information content (AvgIpc) is 2.47. The number of carboxylic acids is 1. The second kappa shape index (κ2) is 3.75. The van der Waals surface area contributed by atoms with E-state index in [1.165, 1.54) is 10.6 Å². The summed E-state index contributed by atoms with van der Waals surface area (Å²) in [4.78, 5) is 21.0. The first kappa shape index (κ1) is 9.31. The fourth-order valence-corrected chi connectivity index (χ4v) is 1.03. The molecule has 5 heteroatoms. The highest BCUT2D eigenvalue weighted by Gasteiger charge is 2.08. The van der Waals surface area contributed by atoms with Crippen molar-refractivity contribution in [3.8, 4) is 0 Å². The highest BCUT2D eigenvalue weighted by molar-refractivity contribution is 5.85. The van der Waals surface area contributed by atoms with Crippen molar-refractivity contribution < 1.29 is 14.7 Å². The fourth-order valence-electron chi connectivity index (χ4n) is 1.03. The molecule has 1 rings (SSSR count). The minimum Gasteiger partial charge on any atom is -0.477 e. The number of carbonyl (C=O) groups excluding carboxylic acids is 1. The van der Waals surface area contributed by atoms with Gasteiger partial charge in [0.1, 0.15) is 5.69 Å². The highest BCUT2D eigenvalue weighted by Crippen LogP contribution is 2.02. The first-order valence-electron chi connectivity index (χ1n) is 3.78. The van der Waals surface area contributed by atoms with Gasteiger partial charge in [0.15, 0.2) is 0 Å². The molecular formula is C8H10N2O3. The van der Waals surface area contributed by atoms with Crippen LogP contribution in [-0.2, 0) is 11.3 Å². The number of primary amides is 1. The van der Waals surface area contributed by atoms with Crippen LogP contribution in [0.25, 0.3) is 0 Å². The van der Waals surface area contributed by atoms with Gasteiger partial charge in [-0.1, -0.05) is 0 Å². The van der Waals surface area contributed by atoms with E-state index in [1.54, 1.807) is 12.3 Å². The predicted octanol–water partition coefficient (Wildman–Crippen LogP) is 0.0617. The maximum absolute atomic E-state index is 10.6. The van der Waals surface area contributed by atoms with Gasteiger partial charge in [0.05, 0.1) is 0 Å². The molecular weight excluding hydrogens is 172 g/mol. The van der Waals surface area contributed by atoms with Crippen molar-refractivity contribution in [1.82, 2.24) is 4.57 Å². The number of aromatic nitrogens is 1. The van der Waals surface area contributed by atoms with Gasteiger partial charge in [-0.15, -0.1) is 0 Å². The van der Waals surface area contributed by atoms with Crippen LogP contribution in [0.5, 0.6) is 0 Å². The Bertz CT molecular complexity index is 330. The number of aromatic carboxylic acids is 1. The quantitative estimate of drug-likeness (QED) is 0.690. The average molecular weight is 182 g/mol. The number of hydrogen-bond acceptors (Lipinski definition) is 2. The Balaban J connectivity index is 2.71. The number of nitrogens with zero attached hydrogens (tertiary/aromatic N) is 1. The number of nitrogens with two attached hydrogens (primary N) is 1. The van der Waals surface area contributed by atoms with Crippen molar-refractivity contribution in [3.05, 3.63) is 24.0 Å². The first-order valence-corrected chi connectivity index (χ1v) is 3.78. The van der Waals surface area contributed by atoms with Crippen LogP contribution in [0.1, 0.15) is 16.9 Å². The van der Waals surface area contributed by atoms with Crippen molar-refractivity contribution in [1.29, 1.82) is 0 Å². The van der Waals surface area contributed by atoms with Crippen molar-refractivity contribution in [2.45, 2.75) is 13.0 Å². The summed E-state index contributed by atoms with van der Waals surface area (Å²) in [6.07, 6.45) is 1.75. The number of aryl methyl sites for hydroxylation is 1. The smallest absolute Gasteiger partial charge is 0.352 e. The second-order valence-corrected chi connectivity index (χ2v) is 2.61. The lowest BCUT2D eigenvalue weighted by atomic mass is 10.4. The fraction of sp³-hybridized carbons (Fsp3) is 0.250. The number of carboxylic acid groups (broad SMARTS) is 1. The molecule has 0 atom stereocenters. The minimum absolute atomic E-state index is 0.148. The highest BCUT2D eigenvalue weighted by atomic mass is 16.4. The van der Waals surface area contributed by atoms with Gasteiger partial charge in [-0.05, 0) is 12.1 Å². The summed E-state index contributed by atoms with van der Waals surface area (Å²) in [5.74, 6) is -1.44. The lowest BCUT2D eigenvalue weighted by Gasteiger charge is -2.03. The molecule has 0 fully saturated rings. The summed E-state index contributed by atoms with van der Waals surface area (Å²) in [5, 5.41) is 8.68. The Morgan fingerprint density at radius 3 is 2.77 bits per heavy atom. The molecule has 0 aliphatic carbocycles. The zero-order valence-electron chi connectivity index (χ0n) is 6.93. The molecule has 70 valence electrons. The molecule has 0 spiro atoms. The SMILES string of the molecule is NC(=O)CCn1cccc1C(=O)O. The van der Waals surface area contributed by atoms with Crippen molar-refractivity contribution in [2.75, 3.05) is 0 Å². The van der Waals surface area contributed by atoms with E-state index in [0.29, 0.717) is 6.54 Å². The Labute approximate surface area is 74.8 Å². The summed E-state index contributed by atoms with van der Waals surface area (Å²) in [6.45, 7) is 0.309. The van der Waals surface area contributed by atoms with Gasteiger partial charge in [0, 0.05) is 19.2 Å². The van der Waals surface area contributed by atoms with Gasteiger partial charge in [0.2, 0.25) is 5.91 Å². The summed E-state index contributed by atoms with van der Waals surface area (Å²) >= 11 is 0. The topological polar surface area (TPSA) is 85.3 Å². The van der Waals surface area contributed by atoms with Gasteiger partial charge in [-0.2, -0.15) is 0 Å². The summed E-state index contributed by atoms with van der Waals surface area (Å²) in [5.41, 5.74) is 5.10. The molecule has 0 unspecified atom stereocenters. The lowest BCUT2D eigenvalue weighted by molar-refractivity contribution is -0.118. The largest absolute Gasteiger partial charge is 0.477 e.